The highest BCUT2D eigenvalue weighted by atomic mass is 35.5. The third kappa shape index (κ3) is 4.74. The van der Waals surface area contributed by atoms with Crippen LogP contribution in [0, 0.1) is 25.2 Å². The van der Waals surface area contributed by atoms with Gasteiger partial charge in [-0.15, -0.1) is 11.3 Å². The van der Waals surface area contributed by atoms with E-state index in [1.807, 2.05) is 12.1 Å². The number of pyridine rings is 2. The zero-order chi connectivity index (χ0) is 28.7. The average Bonchev–Trinajstić information content (AvgIpc) is 3.34. The third-order valence-electron chi connectivity index (χ3n) is 6.22. The Morgan fingerprint density at radius 1 is 1.23 bits per heavy atom. The van der Waals surface area contributed by atoms with E-state index in [9.17, 15) is 28.7 Å². The number of carboxylic acids is 1. The average molecular weight is 582 g/mol. The Bertz CT molecular complexity index is 1930. The monoisotopic (exact) mass is 581 g/mol. The van der Waals surface area contributed by atoms with Crippen molar-refractivity contribution in [2.24, 2.45) is 0 Å². The van der Waals surface area contributed by atoms with Gasteiger partial charge in [-0.05, 0) is 38.1 Å². The predicted molar refractivity (Wildman–Crippen MR) is 145 cm³/mol. The molecule has 0 spiro atoms. The summed E-state index contributed by atoms with van der Waals surface area (Å²) in [6, 6.07) is 8.62. The van der Waals surface area contributed by atoms with E-state index in [1.165, 1.54) is 28.2 Å². The number of aryl methyl sites for hydroxylation is 2. The topological polar surface area (TPSA) is 131 Å². The Balaban J connectivity index is 1.52. The number of carboxylic acid groups (broad SMARTS) is 1. The fourth-order valence-electron chi connectivity index (χ4n) is 4.43. The van der Waals surface area contributed by atoms with Gasteiger partial charge in [0.05, 0.1) is 33.3 Å². The van der Waals surface area contributed by atoms with Crippen molar-refractivity contribution >= 4 is 50.0 Å². The number of aromatic nitrogens is 4. The lowest BCUT2D eigenvalue weighted by molar-refractivity contribution is 0.0699. The van der Waals surface area contributed by atoms with Crippen LogP contribution in [0.3, 0.4) is 0 Å². The summed E-state index contributed by atoms with van der Waals surface area (Å²) in [7, 11) is 0. The van der Waals surface area contributed by atoms with Gasteiger partial charge in [0.1, 0.15) is 35.5 Å². The predicted octanol–water partition coefficient (Wildman–Crippen LogP) is 5.92. The SMILES string of the molecule is Cc1cc(-c2cc(Cl)ccc2OCCn2c(C)nc3c(C(F)F)ncc(C#N)c3c2=O)c2scc(C(=O)O)c2n1. The standard InChI is InChI=1S/C27H18ClF2N5O4S/c1-12-7-17(24-21(33-12)18(11-40-24)27(37)38)16-8-15(28)3-4-19(16)39-6-5-35-13(2)34-22-20(26(35)36)14(9-31)10-32-23(22)25(29)30/h3-4,7-8,10-11,25H,5-6H2,1-2H3,(H,37,38). The molecule has 13 heteroatoms. The number of hydrogen-bond acceptors (Lipinski definition) is 8. The minimum atomic E-state index is -2.97. The smallest absolute Gasteiger partial charge is 0.338 e. The van der Waals surface area contributed by atoms with E-state index in [0.717, 1.165) is 6.20 Å². The molecule has 0 aliphatic carbocycles. The number of nitriles is 1. The minimum absolute atomic E-state index is 0.000174. The summed E-state index contributed by atoms with van der Waals surface area (Å²) in [5, 5.41) is 20.7. The summed E-state index contributed by atoms with van der Waals surface area (Å²) < 4.78 is 35.0. The van der Waals surface area contributed by atoms with Crippen LogP contribution in [0.25, 0.3) is 32.2 Å². The molecule has 202 valence electrons. The molecule has 0 saturated carbocycles. The number of thiophene rings is 1. The Morgan fingerprint density at radius 2 is 2.00 bits per heavy atom. The van der Waals surface area contributed by atoms with Crippen molar-refractivity contribution in [1.29, 1.82) is 5.26 Å². The molecule has 0 aliphatic rings. The van der Waals surface area contributed by atoms with E-state index in [1.54, 1.807) is 25.1 Å². The number of aromatic carboxylic acids is 1. The van der Waals surface area contributed by atoms with Gasteiger partial charge in [-0.1, -0.05) is 11.6 Å². The van der Waals surface area contributed by atoms with Gasteiger partial charge in [0.2, 0.25) is 0 Å². The van der Waals surface area contributed by atoms with Crippen molar-refractivity contribution in [2.45, 2.75) is 26.8 Å². The van der Waals surface area contributed by atoms with E-state index < -0.39 is 23.6 Å². The second-order valence-electron chi connectivity index (χ2n) is 8.74. The molecule has 1 N–H and O–H groups in total. The van der Waals surface area contributed by atoms with Gasteiger partial charge >= 0.3 is 5.97 Å². The van der Waals surface area contributed by atoms with E-state index >= 15 is 0 Å². The fourth-order valence-corrected chi connectivity index (χ4v) is 5.61. The van der Waals surface area contributed by atoms with Crippen molar-refractivity contribution in [3.05, 3.63) is 79.6 Å². The van der Waals surface area contributed by atoms with E-state index in [4.69, 9.17) is 16.3 Å². The first-order valence-corrected chi connectivity index (χ1v) is 13.0. The normalized spacial score (nSPS) is 11.3. The molecule has 0 unspecified atom stereocenters. The zero-order valence-corrected chi connectivity index (χ0v) is 22.5. The number of carbonyl (C=O) groups is 1. The highest BCUT2D eigenvalue weighted by Crippen LogP contribution is 2.40. The van der Waals surface area contributed by atoms with Crippen molar-refractivity contribution in [1.82, 2.24) is 19.5 Å². The number of rotatable bonds is 7. The van der Waals surface area contributed by atoms with Gasteiger partial charge < -0.3 is 9.84 Å². The quantitative estimate of drug-likeness (QED) is 0.250. The van der Waals surface area contributed by atoms with Crippen LogP contribution in [-0.4, -0.2) is 37.2 Å². The van der Waals surface area contributed by atoms with Crippen LogP contribution in [0.15, 0.2) is 40.6 Å². The maximum absolute atomic E-state index is 13.5. The summed E-state index contributed by atoms with van der Waals surface area (Å²) >= 11 is 7.54. The Hall–Kier alpha value is -4.47. The first-order valence-electron chi connectivity index (χ1n) is 11.7. The molecule has 0 radical (unpaired) electrons. The molecule has 0 saturated heterocycles. The lowest BCUT2D eigenvalue weighted by Crippen LogP contribution is -2.27. The fraction of sp³-hybridized carbons (Fsp3) is 0.185. The van der Waals surface area contributed by atoms with Crippen molar-refractivity contribution in [3.63, 3.8) is 0 Å². The van der Waals surface area contributed by atoms with Crippen LogP contribution in [0.4, 0.5) is 8.78 Å². The number of alkyl halides is 2. The molecule has 9 nitrogen and oxygen atoms in total. The van der Waals surface area contributed by atoms with Gasteiger partial charge in [0.25, 0.3) is 12.0 Å². The maximum Gasteiger partial charge on any atom is 0.338 e. The van der Waals surface area contributed by atoms with Crippen molar-refractivity contribution in [3.8, 4) is 22.9 Å². The summed E-state index contributed by atoms with van der Waals surface area (Å²) in [5.41, 5.74) is 0.554. The summed E-state index contributed by atoms with van der Waals surface area (Å²) in [5.74, 6) is -0.510. The van der Waals surface area contributed by atoms with Crippen molar-refractivity contribution < 1.29 is 23.4 Å². The zero-order valence-electron chi connectivity index (χ0n) is 20.9. The van der Waals surface area contributed by atoms with Crippen LogP contribution in [0.2, 0.25) is 5.02 Å². The molecule has 40 heavy (non-hydrogen) atoms. The van der Waals surface area contributed by atoms with E-state index in [0.29, 0.717) is 37.8 Å². The Morgan fingerprint density at radius 3 is 2.70 bits per heavy atom. The Labute approximate surface area is 233 Å². The number of hydrogen-bond donors (Lipinski definition) is 1. The van der Waals surface area contributed by atoms with Gasteiger partial charge in [0.15, 0.2) is 0 Å². The van der Waals surface area contributed by atoms with Crippen molar-refractivity contribution in [2.75, 3.05) is 6.61 Å². The highest BCUT2D eigenvalue weighted by Gasteiger charge is 2.22. The van der Waals surface area contributed by atoms with Crippen LogP contribution >= 0.6 is 22.9 Å². The molecular formula is C27H18ClF2N5O4S. The number of benzene rings is 1. The molecule has 1 aromatic carbocycles. The summed E-state index contributed by atoms with van der Waals surface area (Å²) in [6.07, 6.45) is -2.02. The van der Waals surface area contributed by atoms with Gasteiger partial charge in [-0.25, -0.2) is 18.6 Å². The second-order valence-corrected chi connectivity index (χ2v) is 10.1. The molecule has 4 aromatic heterocycles. The Kier molecular flexibility index (Phi) is 7.18. The summed E-state index contributed by atoms with van der Waals surface area (Å²) in [6.45, 7) is 3.23. The highest BCUT2D eigenvalue weighted by molar-refractivity contribution is 7.18. The van der Waals surface area contributed by atoms with Crippen LogP contribution in [0.5, 0.6) is 5.75 Å². The van der Waals surface area contributed by atoms with E-state index in [-0.39, 0.29) is 41.0 Å². The molecule has 5 aromatic rings. The van der Waals surface area contributed by atoms with Gasteiger partial charge in [-0.3, -0.25) is 19.3 Å². The molecule has 0 aliphatic heterocycles. The molecule has 0 atom stereocenters. The molecule has 4 heterocycles. The molecule has 5 rings (SSSR count). The van der Waals surface area contributed by atoms with Gasteiger partial charge in [0, 0.05) is 33.4 Å². The molecule has 0 amide bonds. The number of fused-ring (bicyclic) bond motifs is 2. The second kappa shape index (κ2) is 10.6. The number of ether oxygens (including phenoxy) is 1. The largest absolute Gasteiger partial charge is 0.491 e. The molecule has 0 fully saturated rings. The van der Waals surface area contributed by atoms with Crippen LogP contribution in [0.1, 0.15) is 39.6 Å². The molecule has 0 bridgehead atoms. The maximum atomic E-state index is 13.5. The molecular weight excluding hydrogens is 564 g/mol. The van der Waals surface area contributed by atoms with Crippen LogP contribution < -0.4 is 10.3 Å². The van der Waals surface area contributed by atoms with Gasteiger partial charge in [-0.2, -0.15) is 5.26 Å². The lowest BCUT2D eigenvalue weighted by atomic mass is 10.0. The third-order valence-corrected chi connectivity index (χ3v) is 7.45. The van der Waals surface area contributed by atoms with Crippen LogP contribution in [-0.2, 0) is 6.54 Å². The first kappa shape index (κ1) is 27.1. The van der Waals surface area contributed by atoms with E-state index in [2.05, 4.69) is 15.0 Å². The summed E-state index contributed by atoms with van der Waals surface area (Å²) in [4.78, 5) is 37.2. The number of nitrogens with zero attached hydrogens (tertiary/aromatic N) is 5. The minimum Gasteiger partial charge on any atom is -0.491 e. The number of halogens is 3. The first-order chi connectivity index (χ1) is 19.1. The lowest BCUT2D eigenvalue weighted by Gasteiger charge is -2.16.